The Morgan fingerprint density at radius 3 is 2.38 bits per heavy atom. The van der Waals surface area contributed by atoms with Crippen molar-refractivity contribution in [3.8, 4) is 6.07 Å². The minimum absolute atomic E-state index is 0.0413. The molecule has 0 amide bonds. The van der Waals surface area contributed by atoms with E-state index < -0.39 is 0 Å². The number of ether oxygens (including phenoxy) is 1. The maximum Gasteiger partial charge on any atom is 0.140 e. The van der Waals surface area contributed by atoms with E-state index in [1.165, 1.54) is 0 Å². The molecule has 0 aromatic heterocycles. The topological polar surface area (TPSA) is 50.1 Å². The first-order valence-corrected chi connectivity index (χ1v) is 8.01. The number of allylic oxidation sites excluding steroid dienone is 1. The van der Waals surface area contributed by atoms with E-state index in [0.717, 1.165) is 16.7 Å². The van der Waals surface area contributed by atoms with Gasteiger partial charge >= 0.3 is 0 Å². The van der Waals surface area contributed by atoms with Crippen LogP contribution in [0.3, 0.4) is 0 Å². The zero-order valence-electron chi connectivity index (χ0n) is 13.8. The van der Waals surface area contributed by atoms with Gasteiger partial charge in [-0.15, -0.1) is 0 Å². The molecule has 3 heteroatoms. The van der Waals surface area contributed by atoms with Gasteiger partial charge in [-0.25, -0.2) is 0 Å². The molecule has 0 spiro atoms. The summed E-state index contributed by atoms with van der Waals surface area (Å²) < 4.78 is 5.87. The Bertz CT molecular complexity index is 813. The number of hydrogen-bond donors (Lipinski definition) is 0. The number of carbonyl (C=O) groups excluding carboxylic acids is 1. The molecule has 0 saturated heterocycles. The van der Waals surface area contributed by atoms with Gasteiger partial charge in [-0.05, 0) is 19.4 Å². The second-order valence-electron chi connectivity index (χ2n) is 6.14. The van der Waals surface area contributed by atoms with Crippen molar-refractivity contribution in [1.29, 1.82) is 5.26 Å². The molecule has 0 unspecified atom stereocenters. The summed E-state index contributed by atoms with van der Waals surface area (Å²) in [5.41, 5.74) is 3.52. The summed E-state index contributed by atoms with van der Waals surface area (Å²) in [6, 6.07) is 19.9. The van der Waals surface area contributed by atoms with Gasteiger partial charge in [0.05, 0.1) is 24.2 Å². The molecule has 120 valence electrons. The Kier molecular flexibility index (Phi) is 4.48. The van der Waals surface area contributed by atoms with E-state index in [2.05, 4.69) is 6.07 Å². The van der Waals surface area contributed by atoms with Crippen LogP contribution in [-0.4, -0.2) is 12.4 Å². The SMILES string of the molecule is CC(=O)[C@H]1COC(c2ccc(C)cc2)=C(C#N)[C@@H]1c1ccccc1. The summed E-state index contributed by atoms with van der Waals surface area (Å²) in [5, 5.41) is 9.81. The molecule has 0 fully saturated rings. The molecule has 0 saturated carbocycles. The van der Waals surface area contributed by atoms with Gasteiger partial charge in [0.15, 0.2) is 0 Å². The summed E-state index contributed by atoms with van der Waals surface area (Å²) in [6.07, 6.45) is 0. The Morgan fingerprint density at radius 1 is 1.12 bits per heavy atom. The summed E-state index contributed by atoms with van der Waals surface area (Å²) in [6.45, 7) is 3.88. The smallest absolute Gasteiger partial charge is 0.140 e. The number of benzene rings is 2. The average molecular weight is 317 g/mol. The van der Waals surface area contributed by atoms with Crippen molar-refractivity contribution in [3.63, 3.8) is 0 Å². The maximum absolute atomic E-state index is 12.1. The van der Waals surface area contributed by atoms with E-state index in [1.54, 1.807) is 6.92 Å². The van der Waals surface area contributed by atoms with Crippen molar-refractivity contribution >= 4 is 11.5 Å². The van der Waals surface area contributed by atoms with Crippen LogP contribution in [0.15, 0.2) is 60.2 Å². The van der Waals surface area contributed by atoms with Crippen LogP contribution in [-0.2, 0) is 9.53 Å². The summed E-state index contributed by atoms with van der Waals surface area (Å²) in [7, 11) is 0. The Balaban J connectivity index is 2.16. The second kappa shape index (κ2) is 6.72. The van der Waals surface area contributed by atoms with Crippen molar-refractivity contribution in [2.75, 3.05) is 6.61 Å². The molecular formula is C21H19NO2. The number of aryl methyl sites for hydroxylation is 1. The van der Waals surface area contributed by atoms with Gasteiger partial charge in [-0.1, -0.05) is 60.2 Å². The fraction of sp³-hybridized carbons (Fsp3) is 0.238. The summed E-state index contributed by atoms with van der Waals surface area (Å²) in [4.78, 5) is 12.1. The second-order valence-corrected chi connectivity index (χ2v) is 6.14. The van der Waals surface area contributed by atoms with Crippen LogP contribution < -0.4 is 0 Å². The third-order valence-electron chi connectivity index (χ3n) is 4.48. The van der Waals surface area contributed by atoms with Crippen LogP contribution in [0.4, 0.5) is 0 Å². The third-order valence-corrected chi connectivity index (χ3v) is 4.48. The highest BCUT2D eigenvalue weighted by Crippen LogP contribution is 2.41. The van der Waals surface area contributed by atoms with Gasteiger partial charge in [0.25, 0.3) is 0 Å². The van der Waals surface area contributed by atoms with Crippen molar-refractivity contribution in [2.45, 2.75) is 19.8 Å². The van der Waals surface area contributed by atoms with Crippen molar-refractivity contribution < 1.29 is 9.53 Å². The largest absolute Gasteiger partial charge is 0.491 e. The lowest BCUT2D eigenvalue weighted by Crippen LogP contribution is -2.30. The van der Waals surface area contributed by atoms with Gasteiger partial charge in [0.1, 0.15) is 11.5 Å². The molecule has 2 aromatic rings. The van der Waals surface area contributed by atoms with Gasteiger partial charge in [-0.3, -0.25) is 4.79 Å². The third kappa shape index (κ3) is 2.96. The van der Waals surface area contributed by atoms with E-state index in [0.29, 0.717) is 17.9 Å². The van der Waals surface area contributed by atoms with E-state index in [4.69, 9.17) is 4.74 Å². The number of hydrogen-bond acceptors (Lipinski definition) is 3. The average Bonchev–Trinajstić information content (AvgIpc) is 2.61. The van der Waals surface area contributed by atoms with Crippen molar-refractivity contribution in [1.82, 2.24) is 0 Å². The first-order valence-electron chi connectivity index (χ1n) is 8.01. The molecule has 3 rings (SSSR count). The highest BCUT2D eigenvalue weighted by molar-refractivity contribution is 5.83. The predicted molar refractivity (Wildman–Crippen MR) is 93.0 cm³/mol. The molecule has 2 atom stereocenters. The molecule has 0 N–H and O–H groups in total. The highest BCUT2D eigenvalue weighted by atomic mass is 16.5. The molecule has 0 bridgehead atoms. The normalized spacial score (nSPS) is 20.2. The van der Waals surface area contributed by atoms with Crippen LogP contribution >= 0.6 is 0 Å². The lowest BCUT2D eigenvalue weighted by Gasteiger charge is -2.32. The number of carbonyl (C=O) groups is 1. The summed E-state index contributed by atoms with van der Waals surface area (Å²) >= 11 is 0. The standard InChI is InChI=1S/C21H19NO2/c1-14-8-10-17(11-9-14)21-18(12-22)20(16-6-4-3-5-7-16)19(13-24-21)15(2)23/h3-11,19-20H,13H2,1-2H3/t19-,20+/m1/s1. The quantitative estimate of drug-likeness (QED) is 0.850. The lowest BCUT2D eigenvalue weighted by molar-refractivity contribution is -0.122. The Labute approximate surface area is 142 Å². The Hall–Kier alpha value is -2.86. The first kappa shape index (κ1) is 16.0. The minimum atomic E-state index is -0.337. The molecule has 1 heterocycles. The number of rotatable bonds is 3. The first-order chi connectivity index (χ1) is 11.6. The predicted octanol–water partition coefficient (Wildman–Crippen LogP) is 4.25. The van der Waals surface area contributed by atoms with Crippen LogP contribution in [0.5, 0.6) is 0 Å². The molecule has 3 nitrogen and oxygen atoms in total. The number of ketones is 1. The monoisotopic (exact) mass is 317 g/mol. The fourth-order valence-corrected chi connectivity index (χ4v) is 3.17. The van der Waals surface area contributed by atoms with Crippen LogP contribution in [0.1, 0.15) is 29.5 Å². The van der Waals surface area contributed by atoms with E-state index in [-0.39, 0.29) is 17.6 Å². The van der Waals surface area contributed by atoms with Crippen LogP contribution in [0, 0.1) is 24.2 Å². The van der Waals surface area contributed by atoms with E-state index in [1.807, 2.05) is 61.5 Å². The molecule has 1 aliphatic heterocycles. The minimum Gasteiger partial charge on any atom is -0.491 e. The van der Waals surface area contributed by atoms with Gasteiger partial charge in [0.2, 0.25) is 0 Å². The molecule has 24 heavy (non-hydrogen) atoms. The highest BCUT2D eigenvalue weighted by Gasteiger charge is 2.37. The molecule has 1 aliphatic rings. The van der Waals surface area contributed by atoms with Crippen LogP contribution in [0.25, 0.3) is 5.76 Å². The fourth-order valence-electron chi connectivity index (χ4n) is 3.17. The van der Waals surface area contributed by atoms with E-state index in [9.17, 15) is 10.1 Å². The zero-order chi connectivity index (χ0) is 17.1. The maximum atomic E-state index is 12.1. The number of nitrogens with zero attached hydrogens (tertiary/aromatic N) is 1. The Morgan fingerprint density at radius 2 is 1.79 bits per heavy atom. The lowest BCUT2D eigenvalue weighted by atomic mass is 9.77. The van der Waals surface area contributed by atoms with Gasteiger partial charge in [-0.2, -0.15) is 5.26 Å². The number of nitriles is 1. The number of Topliss-reactive ketones (excluding diaryl/α,β-unsaturated/α-hetero) is 1. The molecule has 0 radical (unpaired) electrons. The molecular weight excluding hydrogens is 298 g/mol. The molecule has 0 aliphatic carbocycles. The van der Waals surface area contributed by atoms with Gasteiger partial charge < -0.3 is 4.74 Å². The summed E-state index contributed by atoms with van der Waals surface area (Å²) in [5.74, 6) is 0.0263. The van der Waals surface area contributed by atoms with E-state index >= 15 is 0 Å². The zero-order valence-corrected chi connectivity index (χ0v) is 13.8. The van der Waals surface area contributed by atoms with Crippen LogP contribution in [0.2, 0.25) is 0 Å². The molecule has 2 aromatic carbocycles. The van der Waals surface area contributed by atoms with Crippen molar-refractivity contribution in [3.05, 3.63) is 76.9 Å². The van der Waals surface area contributed by atoms with Gasteiger partial charge in [0, 0.05) is 11.5 Å². The van der Waals surface area contributed by atoms with Crippen molar-refractivity contribution in [2.24, 2.45) is 5.92 Å².